The van der Waals surface area contributed by atoms with Gasteiger partial charge in [0.15, 0.2) is 0 Å². The molecule has 2 heterocycles. The van der Waals surface area contributed by atoms with Crippen molar-refractivity contribution >= 4 is 0 Å². The van der Waals surface area contributed by atoms with E-state index in [9.17, 15) is 26.3 Å². The molecular formula is C13H14F6N2O. The highest BCUT2D eigenvalue weighted by molar-refractivity contribution is 5.32. The fraction of sp³-hybridized carbons (Fsp3) is 0.615. The molecular weight excluding hydrogens is 314 g/mol. The normalized spacial score (nSPS) is 17.4. The van der Waals surface area contributed by atoms with Crippen molar-refractivity contribution in [2.24, 2.45) is 5.92 Å². The van der Waals surface area contributed by atoms with E-state index in [0.29, 0.717) is 0 Å². The van der Waals surface area contributed by atoms with Gasteiger partial charge in [0.2, 0.25) is 5.88 Å². The Morgan fingerprint density at radius 2 is 1.86 bits per heavy atom. The van der Waals surface area contributed by atoms with Gasteiger partial charge in [0, 0.05) is 31.9 Å². The van der Waals surface area contributed by atoms with Crippen LogP contribution < -0.4 is 4.74 Å². The Balaban J connectivity index is 1.99. The van der Waals surface area contributed by atoms with Gasteiger partial charge in [0.05, 0.1) is 18.6 Å². The molecule has 0 saturated carbocycles. The molecule has 1 fully saturated rings. The second-order valence-electron chi connectivity index (χ2n) is 5.13. The number of pyridine rings is 1. The maximum atomic E-state index is 13.0. The minimum Gasteiger partial charge on any atom is -0.481 e. The number of ether oxygens (including phenoxy) is 1. The maximum Gasteiger partial charge on any atom is 0.416 e. The molecule has 1 saturated heterocycles. The van der Waals surface area contributed by atoms with E-state index in [2.05, 4.69) is 9.72 Å². The van der Waals surface area contributed by atoms with E-state index in [0.717, 1.165) is 12.3 Å². The summed E-state index contributed by atoms with van der Waals surface area (Å²) in [5.74, 6) is -1.54. The maximum absolute atomic E-state index is 13.0. The molecule has 2 rings (SSSR count). The molecule has 124 valence electrons. The number of likely N-dealkylation sites (tertiary alicyclic amines) is 1. The third-order valence-corrected chi connectivity index (χ3v) is 3.59. The predicted octanol–water partition coefficient (Wildman–Crippen LogP) is 3.15. The van der Waals surface area contributed by atoms with Crippen LogP contribution in [0.4, 0.5) is 26.3 Å². The first-order valence-electron chi connectivity index (χ1n) is 6.50. The molecule has 0 aromatic carbocycles. The van der Waals surface area contributed by atoms with Crippen molar-refractivity contribution in [3.8, 4) is 5.88 Å². The topological polar surface area (TPSA) is 25.4 Å². The van der Waals surface area contributed by atoms with E-state index >= 15 is 0 Å². The van der Waals surface area contributed by atoms with Crippen LogP contribution in [0.25, 0.3) is 0 Å². The summed E-state index contributed by atoms with van der Waals surface area (Å²) in [4.78, 5) is 5.20. The van der Waals surface area contributed by atoms with Gasteiger partial charge in [-0.05, 0) is 12.0 Å². The van der Waals surface area contributed by atoms with Crippen molar-refractivity contribution < 1.29 is 31.1 Å². The fourth-order valence-corrected chi connectivity index (χ4v) is 2.28. The van der Waals surface area contributed by atoms with Gasteiger partial charge in [-0.25, -0.2) is 4.98 Å². The molecule has 0 aliphatic carbocycles. The van der Waals surface area contributed by atoms with Crippen LogP contribution in [0.2, 0.25) is 0 Å². The molecule has 0 atom stereocenters. The SMILES string of the molecule is COc1cc(C(F)(F)F)c(CCN2CC(C(F)(F)F)C2)cn1. The first-order valence-corrected chi connectivity index (χ1v) is 6.50. The zero-order chi connectivity index (χ0) is 16.5. The minimum atomic E-state index is -4.56. The van der Waals surface area contributed by atoms with Crippen molar-refractivity contribution in [2.75, 3.05) is 26.7 Å². The molecule has 1 aromatic rings. The van der Waals surface area contributed by atoms with Gasteiger partial charge in [-0.3, -0.25) is 0 Å². The number of alkyl halides is 6. The van der Waals surface area contributed by atoms with Crippen LogP contribution in [0.15, 0.2) is 12.3 Å². The lowest BCUT2D eigenvalue weighted by Crippen LogP contribution is -2.53. The predicted molar refractivity (Wildman–Crippen MR) is 65.5 cm³/mol. The quantitative estimate of drug-likeness (QED) is 0.794. The van der Waals surface area contributed by atoms with E-state index in [4.69, 9.17) is 0 Å². The molecule has 0 radical (unpaired) electrons. The summed E-state index contributed by atoms with van der Waals surface area (Å²) in [6, 6.07) is 0.796. The minimum absolute atomic E-state index is 0.0174. The molecule has 0 N–H and O–H groups in total. The van der Waals surface area contributed by atoms with Crippen LogP contribution in [0.5, 0.6) is 5.88 Å². The number of aromatic nitrogens is 1. The number of methoxy groups -OCH3 is 1. The summed E-state index contributed by atoms with van der Waals surface area (Å²) in [5.41, 5.74) is -0.920. The highest BCUT2D eigenvalue weighted by atomic mass is 19.4. The van der Waals surface area contributed by atoms with Crippen LogP contribution in [-0.2, 0) is 12.6 Å². The molecule has 0 spiro atoms. The van der Waals surface area contributed by atoms with Gasteiger partial charge in [-0.15, -0.1) is 0 Å². The smallest absolute Gasteiger partial charge is 0.416 e. The molecule has 1 aliphatic heterocycles. The van der Waals surface area contributed by atoms with Crippen LogP contribution in [-0.4, -0.2) is 42.8 Å². The van der Waals surface area contributed by atoms with Gasteiger partial charge in [-0.2, -0.15) is 26.3 Å². The molecule has 0 amide bonds. The van der Waals surface area contributed by atoms with Crippen LogP contribution in [0, 0.1) is 5.92 Å². The fourth-order valence-electron chi connectivity index (χ4n) is 2.28. The molecule has 3 nitrogen and oxygen atoms in total. The second-order valence-corrected chi connectivity index (χ2v) is 5.13. The zero-order valence-corrected chi connectivity index (χ0v) is 11.6. The van der Waals surface area contributed by atoms with E-state index in [1.807, 2.05) is 0 Å². The molecule has 9 heteroatoms. The highest BCUT2D eigenvalue weighted by Gasteiger charge is 2.46. The van der Waals surface area contributed by atoms with Gasteiger partial charge in [0.25, 0.3) is 0 Å². The summed E-state index contributed by atoms with van der Waals surface area (Å²) in [6.07, 6.45) is -7.76. The summed E-state index contributed by atoms with van der Waals surface area (Å²) in [6.45, 7) is -0.216. The summed E-state index contributed by atoms with van der Waals surface area (Å²) in [7, 11) is 1.21. The average Bonchev–Trinajstić information content (AvgIpc) is 2.34. The van der Waals surface area contributed by atoms with E-state index in [1.165, 1.54) is 12.0 Å². The molecule has 0 bridgehead atoms. The number of hydrogen-bond donors (Lipinski definition) is 0. The van der Waals surface area contributed by atoms with Crippen molar-refractivity contribution in [3.63, 3.8) is 0 Å². The van der Waals surface area contributed by atoms with Gasteiger partial charge < -0.3 is 9.64 Å². The average molecular weight is 328 g/mol. The Labute approximate surface area is 122 Å². The Kier molecular flexibility index (Phi) is 4.55. The van der Waals surface area contributed by atoms with Gasteiger partial charge >= 0.3 is 12.4 Å². The number of nitrogens with zero attached hydrogens (tertiary/aromatic N) is 2. The molecule has 22 heavy (non-hydrogen) atoms. The lowest BCUT2D eigenvalue weighted by Gasteiger charge is -2.40. The van der Waals surface area contributed by atoms with E-state index in [1.54, 1.807) is 0 Å². The zero-order valence-electron chi connectivity index (χ0n) is 11.6. The van der Waals surface area contributed by atoms with Gasteiger partial charge in [-0.1, -0.05) is 0 Å². The molecule has 1 aliphatic rings. The van der Waals surface area contributed by atoms with E-state index in [-0.39, 0.29) is 37.5 Å². The third-order valence-electron chi connectivity index (χ3n) is 3.59. The van der Waals surface area contributed by atoms with Crippen molar-refractivity contribution in [2.45, 2.75) is 18.8 Å². The monoisotopic (exact) mass is 328 g/mol. The van der Waals surface area contributed by atoms with Crippen molar-refractivity contribution in [1.29, 1.82) is 0 Å². The summed E-state index contributed by atoms with van der Waals surface area (Å²) >= 11 is 0. The molecule has 0 unspecified atom stereocenters. The Bertz CT molecular complexity index is 522. The third kappa shape index (κ3) is 3.82. The summed E-state index contributed by atoms with van der Waals surface area (Å²) < 4.78 is 80.6. The first kappa shape index (κ1) is 16.9. The lowest BCUT2D eigenvalue weighted by atomic mass is 9.98. The number of hydrogen-bond acceptors (Lipinski definition) is 3. The van der Waals surface area contributed by atoms with Crippen LogP contribution in [0.1, 0.15) is 11.1 Å². The standard InChI is InChI=1S/C13H14F6N2O/c1-22-11-4-10(13(17,18)19)8(5-20-11)2-3-21-6-9(7-21)12(14,15)16/h4-5,9H,2-3,6-7H2,1H3. The van der Waals surface area contributed by atoms with Crippen molar-refractivity contribution in [3.05, 3.63) is 23.4 Å². The van der Waals surface area contributed by atoms with Crippen molar-refractivity contribution in [1.82, 2.24) is 9.88 Å². The Morgan fingerprint density at radius 3 is 2.36 bits per heavy atom. The Morgan fingerprint density at radius 1 is 1.23 bits per heavy atom. The first-order chi connectivity index (χ1) is 10.1. The Hall–Kier alpha value is -1.51. The van der Waals surface area contributed by atoms with E-state index < -0.39 is 23.8 Å². The summed E-state index contributed by atoms with van der Waals surface area (Å²) in [5, 5.41) is 0. The second kappa shape index (κ2) is 5.94. The van der Waals surface area contributed by atoms with Crippen LogP contribution >= 0.6 is 0 Å². The lowest BCUT2D eigenvalue weighted by molar-refractivity contribution is -0.208. The van der Waals surface area contributed by atoms with Crippen LogP contribution in [0.3, 0.4) is 0 Å². The molecule has 1 aromatic heterocycles. The number of halogens is 6. The van der Waals surface area contributed by atoms with Gasteiger partial charge in [0.1, 0.15) is 0 Å². The highest BCUT2D eigenvalue weighted by Crippen LogP contribution is 2.35. The largest absolute Gasteiger partial charge is 0.481 e. The number of rotatable bonds is 4.